The molecule has 1 heterocycles. The summed E-state index contributed by atoms with van der Waals surface area (Å²) < 4.78 is 5.18. The van der Waals surface area contributed by atoms with Crippen LogP contribution in [-0.2, 0) is 19.1 Å². The number of esters is 1. The number of nitrogens with zero attached hydrogens (tertiary/aromatic N) is 1. The van der Waals surface area contributed by atoms with Crippen LogP contribution in [0.4, 0.5) is 11.4 Å². The Morgan fingerprint density at radius 1 is 1.03 bits per heavy atom. The number of allylic oxidation sites excluding steroid dienone is 2. The van der Waals surface area contributed by atoms with Crippen molar-refractivity contribution in [1.29, 1.82) is 0 Å². The highest BCUT2D eigenvalue weighted by atomic mass is 16.5. The summed E-state index contributed by atoms with van der Waals surface area (Å²) >= 11 is 0. The molecule has 34 heavy (non-hydrogen) atoms. The lowest BCUT2D eigenvalue weighted by Crippen LogP contribution is -2.33. The van der Waals surface area contributed by atoms with Crippen molar-refractivity contribution in [2.24, 2.45) is 23.7 Å². The fourth-order valence-corrected chi connectivity index (χ4v) is 5.66. The minimum Gasteiger partial charge on any atom is -0.452 e. The molecule has 174 valence electrons. The Morgan fingerprint density at radius 3 is 2.56 bits per heavy atom. The van der Waals surface area contributed by atoms with Gasteiger partial charge in [-0.15, -0.1) is 0 Å². The molecule has 0 radical (unpaired) electrons. The van der Waals surface area contributed by atoms with Crippen LogP contribution >= 0.6 is 0 Å². The van der Waals surface area contributed by atoms with Crippen LogP contribution in [0.2, 0.25) is 0 Å². The normalized spacial score (nSPS) is 24.8. The zero-order valence-electron chi connectivity index (χ0n) is 19.3. The standard InChI is InChI=1S/C27H26N2O5/c1-14-7-8-21(16(3)9-14)28-22(30)13-34-27(33)17-5-4-6-19(11-17)29-25(31)23-18-10-15(2)20(12-18)24(23)26(29)32/h4-11,18,20,23-24H,12-13H2,1-3H3,(H,28,30)/t18-,20+,23-,24-/m0/s1. The average molecular weight is 459 g/mol. The van der Waals surface area contributed by atoms with Crippen LogP contribution in [0.5, 0.6) is 0 Å². The van der Waals surface area contributed by atoms with Gasteiger partial charge in [0.1, 0.15) is 0 Å². The first-order valence-electron chi connectivity index (χ1n) is 11.4. The lowest BCUT2D eigenvalue weighted by Gasteiger charge is -2.19. The number of hydrogen-bond donors (Lipinski definition) is 1. The fraction of sp³-hybridized carbons (Fsp3) is 0.333. The number of anilines is 2. The minimum atomic E-state index is -0.700. The number of amides is 3. The molecule has 0 unspecified atom stereocenters. The van der Waals surface area contributed by atoms with Crippen molar-refractivity contribution in [3.05, 3.63) is 70.8 Å². The number of ether oxygens (including phenoxy) is 1. The van der Waals surface area contributed by atoms with Crippen LogP contribution in [0, 0.1) is 37.5 Å². The summed E-state index contributed by atoms with van der Waals surface area (Å²) in [5.74, 6) is -1.95. The van der Waals surface area contributed by atoms with Crippen LogP contribution in [0.1, 0.15) is 34.8 Å². The van der Waals surface area contributed by atoms with Crippen molar-refractivity contribution in [3.63, 3.8) is 0 Å². The van der Waals surface area contributed by atoms with Crippen molar-refractivity contribution in [2.45, 2.75) is 27.2 Å². The second kappa shape index (κ2) is 8.24. The molecule has 2 aliphatic carbocycles. The van der Waals surface area contributed by atoms with Crippen molar-refractivity contribution in [3.8, 4) is 0 Å². The molecule has 3 aliphatic rings. The van der Waals surface area contributed by atoms with Crippen LogP contribution in [0.15, 0.2) is 54.1 Å². The number of imide groups is 1. The fourth-order valence-electron chi connectivity index (χ4n) is 5.66. The largest absolute Gasteiger partial charge is 0.452 e. The summed E-state index contributed by atoms with van der Waals surface area (Å²) in [4.78, 5) is 52.4. The molecule has 1 saturated heterocycles. The van der Waals surface area contributed by atoms with Crippen LogP contribution in [-0.4, -0.2) is 30.3 Å². The Hall–Kier alpha value is -3.74. The van der Waals surface area contributed by atoms with E-state index < -0.39 is 18.5 Å². The molecule has 2 bridgehead atoms. The lowest BCUT2D eigenvalue weighted by molar-refractivity contribution is -0.123. The highest BCUT2D eigenvalue weighted by Gasteiger charge is 2.60. The zero-order chi connectivity index (χ0) is 24.1. The van der Waals surface area contributed by atoms with Crippen molar-refractivity contribution >= 4 is 35.1 Å². The molecule has 5 rings (SSSR count). The Morgan fingerprint density at radius 2 is 1.79 bits per heavy atom. The topological polar surface area (TPSA) is 92.8 Å². The van der Waals surface area contributed by atoms with E-state index in [0.717, 1.165) is 17.5 Å². The van der Waals surface area contributed by atoms with Gasteiger partial charge in [-0.1, -0.05) is 35.4 Å². The van der Waals surface area contributed by atoms with Gasteiger partial charge in [-0.05, 0) is 68.9 Å². The Bertz CT molecular complexity index is 1260. The van der Waals surface area contributed by atoms with Crippen LogP contribution in [0.25, 0.3) is 0 Å². The molecule has 2 fully saturated rings. The van der Waals surface area contributed by atoms with Gasteiger partial charge in [0, 0.05) is 5.69 Å². The molecular weight excluding hydrogens is 432 g/mol. The number of hydrogen-bond acceptors (Lipinski definition) is 5. The first-order valence-corrected chi connectivity index (χ1v) is 11.4. The third kappa shape index (κ3) is 3.61. The Kier molecular flexibility index (Phi) is 5.35. The maximum Gasteiger partial charge on any atom is 0.338 e. The van der Waals surface area contributed by atoms with E-state index >= 15 is 0 Å². The summed E-state index contributed by atoms with van der Waals surface area (Å²) in [7, 11) is 0. The number of nitrogens with one attached hydrogen (secondary N) is 1. The summed E-state index contributed by atoms with van der Waals surface area (Å²) in [6, 6.07) is 11.9. The summed E-state index contributed by atoms with van der Waals surface area (Å²) in [5.41, 5.74) is 4.37. The maximum atomic E-state index is 13.2. The van der Waals surface area contributed by atoms with Crippen molar-refractivity contribution < 1.29 is 23.9 Å². The lowest BCUT2D eigenvalue weighted by atomic mass is 9.82. The quantitative estimate of drug-likeness (QED) is 0.418. The Balaban J connectivity index is 1.25. The molecule has 2 aromatic rings. The average Bonchev–Trinajstić information content (AvgIpc) is 3.44. The number of rotatable bonds is 5. The van der Waals surface area contributed by atoms with Gasteiger partial charge in [-0.3, -0.25) is 14.4 Å². The van der Waals surface area contributed by atoms with Gasteiger partial charge in [-0.25, -0.2) is 9.69 Å². The summed E-state index contributed by atoms with van der Waals surface area (Å²) in [6.07, 6.45) is 2.99. The third-order valence-corrected chi connectivity index (χ3v) is 7.21. The molecular formula is C27H26N2O5. The molecule has 1 saturated carbocycles. The monoisotopic (exact) mass is 458 g/mol. The predicted molar refractivity (Wildman–Crippen MR) is 126 cm³/mol. The van der Waals surface area contributed by atoms with E-state index in [1.807, 2.05) is 32.9 Å². The highest BCUT2D eigenvalue weighted by molar-refractivity contribution is 6.23. The summed E-state index contributed by atoms with van der Waals surface area (Å²) in [5, 5.41) is 2.73. The van der Waals surface area contributed by atoms with E-state index in [1.54, 1.807) is 18.2 Å². The number of benzene rings is 2. The van der Waals surface area contributed by atoms with E-state index in [-0.39, 0.29) is 41.0 Å². The SMILES string of the molecule is CC1=C[C@H]2C[C@H]1[C@@H]1C(=O)N(c3cccc(C(=O)OCC(=O)Nc4ccc(C)cc4C)c3)C(=O)[C@H]12. The number of fused-ring (bicyclic) bond motifs is 5. The van der Waals surface area contributed by atoms with E-state index in [2.05, 4.69) is 11.4 Å². The van der Waals surface area contributed by atoms with Gasteiger partial charge >= 0.3 is 5.97 Å². The molecule has 7 heteroatoms. The smallest absolute Gasteiger partial charge is 0.338 e. The molecule has 7 nitrogen and oxygen atoms in total. The zero-order valence-corrected chi connectivity index (χ0v) is 19.3. The number of aryl methyl sites for hydroxylation is 2. The van der Waals surface area contributed by atoms with E-state index in [9.17, 15) is 19.2 Å². The van der Waals surface area contributed by atoms with Crippen LogP contribution in [0.3, 0.4) is 0 Å². The first kappa shape index (κ1) is 22.1. The van der Waals surface area contributed by atoms with Crippen molar-refractivity contribution in [2.75, 3.05) is 16.8 Å². The number of carbonyl (C=O) groups excluding carboxylic acids is 4. The molecule has 0 spiro atoms. The third-order valence-electron chi connectivity index (χ3n) is 7.21. The van der Waals surface area contributed by atoms with E-state index in [4.69, 9.17) is 4.74 Å². The highest BCUT2D eigenvalue weighted by Crippen LogP contribution is 2.55. The molecule has 1 aliphatic heterocycles. The van der Waals surface area contributed by atoms with Gasteiger partial charge in [0.2, 0.25) is 11.8 Å². The molecule has 1 N–H and O–H groups in total. The minimum absolute atomic E-state index is 0.111. The molecule has 3 amide bonds. The molecule has 2 aromatic carbocycles. The summed E-state index contributed by atoms with van der Waals surface area (Å²) in [6.45, 7) is 5.43. The van der Waals surface area contributed by atoms with Gasteiger partial charge < -0.3 is 10.1 Å². The van der Waals surface area contributed by atoms with Crippen molar-refractivity contribution in [1.82, 2.24) is 0 Å². The Labute approximate surface area is 197 Å². The maximum absolute atomic E-state index is 13.2. The van der Waals surface area contributed by atoms with Gasteiger partial charge in [0.25, 0.3) is 5.91 Å². The van der Waals surface area contributed by atoms with Crippen LogP contribution < -0.4 is 10.2 Å². The molecule has 0 aromatic heterocycles. The molecule has 4 atom stereocenters. The van der Waals surface area contributed by atoms with Gasteiger partial charge in [0.05, 0.1) is 23.1 Å². The first-order chi connectivity index (χ1) is 16.2. The second-order valence-corrected chi connectivity index (χ2v) is 9.47. The number of carbonyl (C=O) groups is 4. The van der Waals surface area contributed by atoms with Gasteiger partial charge in [0.15, 0.2) is 6.61 Å². The van der Waals surface area contributed by atoms with E-state index in [0.29, 0.717) is 11.4 Å². The van der Waals surface area contributed by atoms with Gasteiger partial charge in [-0.2, -0.15) is 0 Å². The second-order valence-electron chi connectivity index (χ2n) is 9.47. The predicted octanol–water partition coefficient (Wildman–Crippen LogP) is 3.80. The van der Waals surface area contributed by atoms with E-state index in [1.165, 1.54) is 22.6 Å².